The van der Waals surface area contributed by atoms with E-state index in [0.29, 0.717) is 11.8 Å². The van der Waals surface area contributed by atoms with Gasteiger partial charge in [0.15, 0.2) is 11.3 Å². The number of benzene rings is 3. The highest BCUT2D eigenvalue weighted by Gasteiger charge is 2.15. The molecule has 1 heterocycles. The first-order valence-corrected chi connectivity index (χ1v) is 10.8. The summed E-state index contributed by atoms with van der Waals surface area (Å²) in [4.78, 5) is 9.49. The van der Waals surface area contributed by atoms with Gasteiger partial charge in [0.2, 0.25) is 0 Å². The van der Waals surface area contributed by atoms with Crippen LogP contribution in [0.3, 0.4) is 0 Å². The minimum atomic E-state index is 0.622. The lowest BCUT2D eigenvalue weighted by Crippen LogP contribution is -2.78. The van der Waals surface area contributed by atoms with Crippen molar-refractivity contribution in [3.63, 3.8) is 0 Å². The zero-order valence-electron chi connectivity index (χ0n) is 17.0. The summed E-state index contributed by atoms with van der Waals surface area (Å²) in [5.41, 5.74) is 3.77. The molecule has 0 fully saturated rings. The Balaban J connectivity index is 1.83. The van der Waals surface area contributed by atoms with Gasteiger partial charge in [-0.3, -0.25) is 4.99 Å². The summed E-state index contributed by atoms with van der Waals surface area (Å²) in [6, 6.07) is 16.5. The van der Waals surface area contributed by atoms with Crippen LogP contribution in [0.5, 0.6) is 0 Å². The van der Waals surface area contributed by atoms with Crippen molar-refractivity contribution in [2.24, 2.45) is 10.9 Å². The highest BCUT2D eigenvalue weighted by Crippen LogP contribution is 2.32. The van der Waals surface area contributed by atoms with Gasteiger partial charge in [-0.2, -0.15) is 0 Å². The molecule has 1 aliphatic heterocycles. The third-order valence-electron chi connectivity index (χ3n) is 5.10. The smallest absolute Gasteiger partial charge is 0.159 e. The Bertz CT molecular complexity index is 1170. The molecular formula is C24H27ClN3O+. The number of rotatable bonds is 7. The monoisotopic (exact) mass is 408 g/mol. The van der Waals surface area contributed by atoms with Crippen LogP contribution in [0.2, 0.25) is 0 Å². The Morgan fingerprint density at radius 1 is 1.10 bits per heavy atom. The van der Waals surface area contributed by atoms with Crippen molar-refractivity contribution >= 4 is 39.2 Å². The average Bonchev–Trinajstić information content (AvgIpc) is 2.72. The number of nitrogens with two attached hydrogens (primary N) is 1. The van der Waals surface area contributed by atoms with E-state index >= 15 is 0 Å². The third kappa shape index (κ3) is 4.44. The van der Waals surface area contributed by atoms with Crippen LogP contribution in [0.15, 0.2) is 57.9 Å². The minimum Gasteiger partial charge on any atom is -0.452 e. The fourth-order valence-corrected chi connectivity index (χ4v) is 3.70. The zero-order valence-corrected chi connectivity index (χ0v) is 17.7. The van der Waals surface area contributed by atoms with E-state index in [1.54, 1.807) is 0 Å². The molecule has 0 unspecified atom stereocenters. The van der Waals surface area contributed by atoms with Gasteiger partial charge in [0, 0.05) is 35.3 Å². The van der Waals surface area contributed by atoms with E-state index in [9.17, 15) is 0 Å². The predicted molar refractivity (Wildman–Crippen MR) is 120 cm³/mol. The van der Waals surface area contributed by atoms with E-state index in [-0.39, 0.29) is 0 Å². The minimum absolute atomic E-state index is 0.622. The molecule has 0 amide bonds. The zero-order chi connectivity index (χ0) is 20.2. The molecular weight excluding hydrogens is 382 g/mol. The number of alkyl halides is 1. The molecule has 2 aromatic rings. The van der Waals surface area contributed by atoms with Crippen LogP contribution in [-0.2, 0) is 0 Å². The molecule has 2 aromatic carbocycles. The van der Waals surface area contributed by atoms with Gasteiger partial charge in [-0.25, -0.2) is 4.98 Å². The Morgan fingerprint density at radius 2 is 1.93 bits per heavy atom. The highest BCUT2D eigenvalue weighted by atomic mass is 35.5. The second-order valence-corrected chi connectivity index (χ2v) is 8.20. The molecule has 0 saturated heterocycles. The number of hydrogen-bond acceptors (Lipinski definition) is 3. The van der Waals surface area contributed by atoms with Gasteiger partial charge in [0.05, 0.1) is 11.9 Å². The molecule has 0 bridgehead atoms. The van der Waals surface area contributed by atoms with Gasteiger partial charge in [-0.05, 0) is 37.0 Å². The molecule has 0 spiro atoms. The summed E-state index contributed by atoms with van der Waals surface area (Å²) in [7, 11) is 0. The molecule has 0 aromatic heterocycles. The van der Waals surface area contributed by atoms with Crippen molar-refractivity contribution in [1.29, 1.82) is 0 Å². The summed E-state index contributed by atoms with van der Waals surface area (Å²) >= 11 is 5.75. The molecule has 29 heavy (non-hydrogen) atoms. The summed E-state index contributed by atoms with van der Waals surface area (Å²) in [6.07, 6.45) is 2.04. The van der Waals surface area contributed by atoms with Crippen LogP contribution < -0.4 is 10.7 Å². The molecule has 2 aliphatic rings. The quantitative estimate of drug-likeness (QED) is 0.156. The van der Waals surface area contributed by atoms with Gasteiger partial charge in [0.1, 0.15) is 16.9 Å². The van der Waals surface area contributed by atoms with E-state index in [2.05, 4.69) is 54.5 Å². The van der Waals surface area contributed by atoms with E-state index in [1.807, 2.05) is 18.2 Å². The first-order chi connectivity index (χ1) is 14.2. The largest absolute Gasteiger partial charge is 0.452 e. The second-order valence-electron chi connectivity index (χ2n) is 7.82. The van der Waals surface area contributed by atoms with E-state index in [0.717, 1.165) is 52.8 Å². The maximum atomic E-state index is 6.30. The number of halogens is 1. The number of quaternary nitrogens is 1. The fourth-order valence-electron chi connectivity index (χ4n) is 3.58. The van der Waals surface area contributed by atoms with Gasteiger partial charge in [-0.1, -0.05) is 32.0 Å². The van der Waals surface area contributed by atoms with Crippen LogP contribution in [0, 0.1) is 5.92 Å². The van der Waals surface area contributed by atoms with Crippen LogP contribution in [0.1, 0.15) is 26.7 Å². The fraction of sp³-hybridized carbons (Fsp3) is 0.333. The summed E-state index contributed by atoms with van der Waals surface area (Å²) in [5, 5.41) is 5.57. The molecule has 4 nitrogen and oxygen atoms in total. The molecule has 0 radical (unpaired) electrons. The highest BCUT2D eigenvalue weighted by molar-refractivity contribution is 6.17. The van der Waals surface area contributed by atoms with E-state index in [4.69, 9.17) is 21.0 Å². The van der Waals surface area contributed by atoms with Crippen LogP contribution >= 0.6 is 11.6 Å². The van der Waals surface area contributed by atoms with Gasteiger partial charge in [0.25, 0.3) is 0 Å². The number of hydrogen-bond donors (Lipinski definition) is 1. The van der Waals surface area contributed by atoms with Crippen molar-refractivity contribution in [1.82, 2.24) is 4.98 Å². The number of nitrogens with zero attached hydrogens (tertiary/aromatic N) is 2. The van der Waals surface area contributed by atoms with Crippen LogP contribution in [0.25, 0.3) is 33.3 Å². The van der Waals surface area contributed by atoms with Crippen molar-refractivity contribution in [3.8, 4) is 11.5 Å². The lowest BCUT2D eigenvalue weighted by molar-refractivity contribution is -0.571. The topological polar surface area (TPSA) is 55.0 Å². The maximum absolute atomic E-state index is 6.30. The molecule has 1 aliphatic carbocycles. The van der Waals surface area contributed by atoms with Crippen molar-refractivity contribution < 1.29 is 9.73 Å². The first kappa shape index (κ1) is 19.9. The lowest BCUT2D eigenvalue weighted by Gasteiger charge is -2.11. The van der Waals surface area contributed by atoms with E-state index < -0.39 is 0 Å². The van der Waals surface area contributed by atoms with Gasteiger partial charge >= 0.3 is 0 Å². The Hall–Kier alpha value is -2.43. The number of aromatic nitrogens is 1. The lowest BCUT2D eigenvalue weighted by atomic mass is 10.1. The van der Waals surface area contributed by atoms with Crippen LogP contribution in [0.4, 0.5) is 5.69 Å². The molecule has 4 rings (SSSR count). The van der Waals surface area contributed by atoms with E-state index in [1.165, 1.54) is 17.5 Å². The normalized spacial score (nSPS) is 12.6. The third-order valence-corrected chi connectivity index (χ3v) is 5.37. The first-order valence-electron chi connectivity index (χ1n) is 10.3. The van der Waals surface area contributed by atoms with Gasteiger partial charge < -0.3 is 9.73 Å². The Morgan fingerprint density at radius 3 is 2.72 bits per heavy atom. The standard InChI is InChI=1S/C24H26ClN3O/c1-16(2)10-13-27-21-15-23-24(19-7-4-3-6-18(19)21)28-20-9-8-17(14-22(20)29-23)26-12-5-11-25/h3-4,6-9,14-16,27H,5,10-13H2,1-2H3/p+1. The molecule has 0 saturated carbocycles. The van der Waals surface area contributed by atoms with Gasteiger partial charge in [-0.15, -0.1) is 11.6 Å². The molecule has 150 valence electrons. The summed E-state index contributed by atoms with van der Waals surface area (Å²) in [5.74, 6) is 2.07. The Labute approximate surface area is 176 Å². The second kappa shape index (κ2) is 8.93. The Kier molecular flexibility index (Phi) is 6.12. The van der Waals surface area contributed by atoms with Crippen molar-refractivity contribution in [2.45, 2.75) is 26.7 Å². The van der Waals surface area contributed by atoms with Crippen molar-refractivity contribution in [3.05, 3.63) is 53.9 Å². The average molecular weight is 409 g/mol. The SMILES string of the molecule is CC(C)CC[NH2+]c1cc2oc3cc(=NCCCCl)ccc-3nc2c2ccccc12. The predicted octanol–water partition coefficient (Wildman–Crippen LogP) is 4.86. The summed E-state index contributed by atoms with van der Waals surface area (Å²) in [6.45, 7) is 6.29. The molecule has 5 heteroatoms. The molecule has 0 atom stereocenters. The summed E-state index contributed by atoms with van der Waals surface area (Å²) < 4.78 is 6.30. The number of fused-ring (bicyclic) bond motifs is 4. The van der Waals surface area contributed by atoms with Crippen molar-refractivity contribution in [2.75, 3.05) is 19.0 Å². The van der Waals surface area contributed by atoms with Crippen LogP contribution in [-0.4, -0.2) is 24.0 Å². The maximum Gasteiger partial charge on any atom is 0.159 e. The molecule has 2 N–H and O–H groups in total.